The molecule has 0 bridgehead atoms. The summed E-state index contributed by atoms with van der Waals surface area (Å²) >= 11 is 0. The van der Waals surface area contributed by atoms with Crippen LogP contribution in [-0.2, 0) is 6.61 Å². The van der Waals surface area contributed by atoms with Crippen LogP contribution in [0.15, 0.2) is 54.6 Å². The van der Waals surface area contributed by atoms with Gasteiger partial charge in [-0.3, -0.25) is 5.10 Å². The molecule has 0 spiro atoms. The molecule has 0 unspecified atom stereocenters. The van der Waals surface area contributed by atoms with Gasteiger partial charge in [0.15, 0.2) is 0 Å². The summed E-state index contributed by atoms with van der Waals surface area (Å²) in [5.41, 5.74) is 9.14. The number of benzene rings is 2. The van der Waals surface area contributed by atoms with Crippen LogP contribution in [0.5, 0.6) is 11.5 Å². The minimum absolute atomic E-state index is 0.419. The number of H-pyrrole nitrogens is 1. The Balaban J connectivity index is 1.68. The zero-order valence-corrected chi connectivity index (χ0v) is 13.0. The molecule has 0 aliphatic carbocycles. The molecule has 0 fully saturated rings. The first kappa shape index (κ1) is 15.0. The molecule has 0 radical (unpaired) electrons. The highest BCUT2D eigenvalue weighted by atomic mass is 16.5. The lowest BCUT2D eigenvalue weighted by Crippen LogP contribution is -1.95. The van der Waals surface area contributed by atoms with Gasteiger partial charge >= 0.3 is 0 Å². The molecule has 0 aliphatic heterocycles. The second-order valence-corrected chi connectivity index (χ2v) is 5.10. The molecule has 0 amide bonds. The number of rotatable bonds is 6. The van der Waals surface area contributed by atoms with Gasteiger partial charge in [-0.05, 0) is 49.4 Å². The summed E-state index contributed by atoms with van der Waals surface area (Å²) in [4.78, 5) is 0. The van der Waals surface area contributed by atoms with Crippen LogP contribution in [0.25, 0.3) is 11.3 Å². The number of aromatic amines is 1. The number of nitrogen functional groups attached to an aromatic ring is 1. The fourth-order valence-electron chi connectivity index (χ4n) is 2.22. The van der Waals surface area contributed by atoms with Crippen molar-refractivity contribution in [3.63, 3.8) is 0 Å². The molecular formula is C18H19N3O2. The lowest BCUT2D eigenvalue weighted by molar-refractivity contribution is 0.301. The number of hydrogen-bond donors (Lipinski definition) is 2. The average molecular weight is 309 g/mol. The molecule has 118 valence electrons. The number of nitrogens with two attached hydrogens (primary N) is 1. The number of nitrogens with one attached hydrogen (secondary N) is 1. The van der Waals surface area contributed by atoms with E-state index < -0.39 is 0 Å². The number of aromatic nitrogens is 2. The van der Waals surface area contributed by atoms with Gasteiger partial charge in [0.2, 0.25) is 0 Å². The Morgan fingerprint density at radius 3 is 2.61 bits per heavy atom. The Hall–Kier alpha value is -2.95. The van der Waals surface area contributed by atoms with E-state index in [1.165, 1.54) is 0 Å². The van der Waals surface area contributed by atoms with Crippen molar-refractivity contribution in [2.75, 3.05) is 12.3 Å². The highest BCUT2D eigenvalue weighted by Gasteiger charge is 2.06. The average Bonchev–Trinajstić information content (AvgIpc) is 3.04. The maximum absolute atomic E-state index is 5.71. The van der Waals surface area contributed by atoms with Gasteiger partial charge in [-0.25, -0.2) is 0 Å². The second kappa shape index (κ2) is 6.87. The molecule has 23 heavy (non-hydrogen) atoms. The maximum Gasteiger partial charge on any atom is 0.130 e. The van der Waals surface area contributed by atoms with Crippen molar-refractivity contribution in [1.29, 1.82) is 0 Å². The van der Waals surface area contributed by atoms with E-state index in [-0.39, 0.29) is 0 Å². The van der Waals surface area contributed by atoms with Gasteiger partial charge in [0.1, 0.15) is 18.1 Å². The van der Waals surface area contributed by atoms with E-state index in [9.17, 15) is 0 Å². The van der Waals surface area contributed by atoms with Crippen LogP contribution in [0.2, 0.25) is 0 Å². The Labute approximate surface area is 135 Å². The molecule has 0 atom stereocenters. The van der Waals surface area contributed by atoms with Gasteiger partial charge in [-0.15, -0.1) is 0 Å². The minimum atomic E-state index is 0.419. The van der Waals surface area contributed by atoms with Crippen molar-refractivity contribution in [2.24, 2.45) is 0 Å². The van der Waals surface area contributed by atoms with Crippen LogP contribution in [0.3, 0.4) is 0 Å². The fourth-order valence-corrected chi connectivity index (χ4v) is 2.22. The first-order chi connectivity index (χ1) is 11.2. The van der Waals surface area contributed by atoms with Crippen LogP contribution in [0.1, 0.15) is 12.6 Å². The topological polar surface area (TPSA) is 73.2 Å². The van der Waals surface area contributed by atoms with Crippen LogP contribution in [0, 0.1) is 0 Å². The summed E-state index contributed by atoms with van der Waals surface area (Å²) in [7, 11) is 0. The number of ether oxygens (including phenoxy) is 2. The van der Waals surface area contributed by atoms with Gasteiger partial charge in [-0.2, -0.15) is 5.10 Å². The van der Waals surface area contributed by atoms with Crippen LogP contribution >= 0.6 is 0 Å². The van der Waals surface area contributed by atoms with Gasteiger partial charge in [0.05, 0.1) is 18.0 Å². The summed E-state index contributed by atoms with van der Waals surface area (Å²) in [6.07, 6.45) is 0. The van der Waals surface area contributed by atoms with E-state index in [1.807, 2.05) is 61.5 Å². The van der Waals surface area contributed by atoms with Crippen molar-refractivity contribution in [1.82, 2.24) is 10.2 Å². The Morgan fingerprint density at radius 2 is 1.83 bits per heavy atom. The highest BCUT2D eigenvalue weighted by Crippen LogP contribution is 2.23. The molecule has 0 saturated heterocycles. The molecular weight excluding hydrogens is 290 g/mol. The summed E-state index contributed by atoms with van der Waals surface area (Å²) in [5.74, 6) is 1.61. The molecule has 1 aromatic heterocycles. The standard InChI is InChI=1S/C18H19N3O2/c1-2-22-17-5-3-4-13(10-17)18-11-15(20-21-18)12-23-16-8-6-14(19)7-9-16/h3-11H,2,12,19H2,1H3,(H,20,21). The highest BCUT2D eigenvalue weighted by molar-refractivity contribution is 5.61. The largest absolute Gasteiger partial charge is 0.494 e. The number of hydrogen-bond acceptors (Lipinski definition) is 4. The molecule has 2 aromatic carbocycles. The van der Waals surface area contributed by atoms with E-state index in [2.05, 4.69) is 10.2 Å². The molecule has 3 N–H and O–H groups in total. The Kier molecular flexibility index (Phi) is 4.47. The zero-order valence-electron chi connectivity index (χ0n) is 13.0. The SMILES string of the molecule is CCOc1cccc(-c2cc(COc3ccc(N)cc3)[nH]n2)c1. The van der Waals surface area contributed by atoms with Crippen molar-refractivity contribution < 1.29 is 9.47 Å². The maximum atomic E-state index is 5.71. The van der Waals surface area contributed by atoms with Crippen molar-refractivity contribution in [3.05, 3.63) is 60.3 Å². The molecule has 1 heterocycles. The summed E-state index contributed by atoms with van der Waals surface area (Å²) in [6.45, 7) is 3.03. The van der Waals surface area contributed by atoms with E-state index in [1.54, 1.807) is 0 Å². The van der Waals surface area contributed by atoms with Gasteiger partial charge in [0.25, 0.3) is 0 Å². The summed E-state index contributed by atoms with van der Waals surface area (Å²) < 4.78 is 11.2. The predicted molar refractivity (Wildman–Crippen MR) is 90.4 cm³/mol. The normalized spacial score (nSPS) is 10.5. The smallest absolute Gasteiger partial charge is 0.130 e. The number of nitrogens with zero attached hydrogens (tertiary/aromatic N) is 1. The van der Waals surface area contributed by atoms with Crippen LogP contribution in [0.4, 0.5) is 5.69 Å². The zero-order chi connectivity index (χ0) is 16.1. The third-order valence-electron chi connectivity index (χ3n) is 3.35. The molecule has 3 rings (SSSR count). The molecule has 5 heteroatoms. The van der Waals surface area contributed by atoms with Crippen molar-refractivity contribution in [2.45, 2.75) is 13.5 Å². The molecule has 5 nitrogen and oxygen atoms in total. The van der Waals surface area contributed by atoms with Crippen molar-refractivity contribution >= 4 is 5.69 Å². The Morgan fingerprint density at radius 1 is 1.00 bits per heavy atom. The third-order valence-corrected chi connectivity index (χ3v) is 3.35. The molecule has 0 aliphatic rings. The van der Waals surface area contributed by atoms with E-state index in [4.69, 9.17) is 15.2 Å². The van der Waals surface area contributed by atoms with Crippen LogP contribution in [-0.4, -0.2) is 16.8 Å². The van der Waals surface area contributed by atoms with E-state index in [0.717, 1.165) is 34.1 Å². The van der Waals surface area contributed by atoms with E-state index in [0.29, 0.717) is 13.2 Å². The van der Waals surface area contributed by atoms with E-state index >= 15 is 0 Å². The lowest BCUT2D eigenvalue weighted by Gasteiger charge is -2.04. The van der Waals surface area contributed by atoms with Crippen molar-refractivity contribution in [3.8, 4) is 22.8 Å². The van der Waals surface area contributed by atoms with Gasteiger partial charge in [-0.1, -0.05) is 12.1 Å². The summed E-state index contributed by atoms with van der Waals surface area (Å²) in [6, 6.07) is 17.2. The Bertz CT molecular complexity index is 766. The molecule has 0 saturated carbocycles. The summed E-state index contributed by atoms with van der Waals surface area (Å²) in [5, 5.41) is 7.33. The fraction of sp³-hybridized carbons (Fsp3) is 0.167. The molecule has 3 aromatic rings. The van der Waals surface area contributed by atoms with Crippen LogP contribution < -0.4 is 15.2 Å². The number of anilines is 1. The minimum Gasteiger partial charge on any atom is -0.494 e. The first-order valence-electron chi connectivity index (χ1n) is 7.50. The second-order valence-electron chi connectivity index (χ2n) is 5.10. The van der Waals surface area contributed by atoms with Gasteiger partial charge in [0, 0.05) is 11.3 Å². The van der Waals surface area contributed by atoms with Gasteiger partial charge < -0.3 is 15.2 Å². The lowest BCUT2D eigenvalue weighted by atomic mass is 10.1. The third kappa shape index (κ3) is 3.83. The monoisotopic (exact) mass is 309 g/mol. The quantitative estimate of drug-likeness (QED) is 0.682. The predicted octanol–water partition coefficient (Wildman–Crippen LogP) is 3.64. The first-order valence-corrected chi connectivity index (χ1v) is 7.50.